The second-order valence-electron chi connectivity index (χ2n) is 5.45. The molecule has 0 N–H and O–H groups in total. The van der Waals surface area contributed by atoms with Gasteiger partial charge < -0.3 is 13.7 Å². The van der Waals surface area contributed by atoms with Gasteiger partial charge in [-0.1, -0.05) is 0 Å². The summed E-state index contributed by atoms with van der Waals surface area (Å²) in [7, 11) is 0. The molecule has 3 rings (SSSR count). The quantitative estimate of drug-likeness (QED) is 0.336. The molecule has 2 aromatic heterocycles. The van der Waals surface area contributed by atoms with Crippen molar-refractivity contribution in [1.82, 2.24) is 4.90 Å². The van der Waals surface area contributed by atoms with E-state index in [4.69, 9.17) is 8.83 Å². The van der Waals surface area contributed by atoms with Gasteiger partial charge in [-0.25, -0.2) is 0 Å². The molecule has 0 aliphatic rings. The fourth-order valence-corrected chi connectivity index (χ4v) is 3.12. The molecule has 0 aliphatic heterocycles. The highest BCUT2D eigenvalue weighted by Crippen LogP contribution is 2.22. The van der Waals surface area contributed by atoms with Crippen molar-refractivity contribution in [2.45, 2.75) is 18.0 Å². The van der Waals surface area contributed by atoms with Crippen LogP contribution in [0.4, 0.5) is 5.69 Å². The Balaban J connectivity index is 1.63. The largest absolute Gasteiger partial charge is 0.467 e. The predicted molar refractivity (Wildman–Crippen MR) is 95.5 cm³/mol. The molecular weight excluding hydrogens is 356 g/mol. The zero-order valence-corrected chi connectivity index (χ0v) is 14.6. The highest BCUT2D eigenvalue weighted by molar-refractivity contribution is 8.00. The number of thioether (sulfide) groups is 1. The topological polar surface area (TPSA) is 89.7 Å². The molecule has 0 atom stereocenters. The zero-order valence-electron chi connectivity index (χ0n) is 13.7. The van der Waals surface area contributed by atoms with E-state index in [1.54, 1.807) is 41.7 Å². The predicted octanol–water partition coefficient (Wildman–Crippen LogP) is 4.10. The maximum Gasteiger partial charge on any atom is 0.269 e. The van der Waals surface area contributed by atoms with Gasteiger partial charge in [0.05, 0.1) is 36.3 Å². The minimum atomic E-state index is -0.450. The molecule has 0 fully saturated rings. The molecule has 0 radical (unpaired) electrons. The lowest BCUT2D eigenvalue weighted by molar-refractivity contribution is -0.384. The number of nitro benzene ring substituents is 1. The molecule has 134 valence electrons. The first-order valence-electron chi connectivity index (χ1n) is 7.81. The Hall–Kier alpha value is -3.00. The van der Waals surface area contributed by atoms with Crippen LogP contribution in [0.3, 0.4) is 0 Å². The fourth-order valence-electron chi connectivity index (χ4n) is 2.31. The van der Waals surface area contributed by atoms with E-state index in [0.29, 0.717) is 24.6 Å². The number of amides is 1. The highest BCUT2D eigenvalue weighted by atomic mass is 32.2. The summed E-state index contributed by atoms with van der Waals surface area (Å²) in [6.07, 6.45) is 3.13. The van der Waals surface area contributed by atoms with Gasteiger partial charge in [-0.3, -0.25) is 14.9 Å². The maximum atomic E-state index is 12.7. The number of non-ortho nitro benzene ring substituents is 1. The van der Waals surface area contributed by atoms with E-state index in [1.807, 2.05) is 12.1 Å². The van der Waals surface area contributed by atoms with Crippen LogP contribution in [-0.4, -0.2) is 21.5 Å². The maximum absolute atomic E-state index is 12.7. The number of nitro groups is 1. The Morgan fingerprint density at radius 3 is 2.04 bits per heavy atom. The van der Waals surface area contributed by atoms with Crippen molar-refractivity contribution >= 4 is 23.4 Å². The normalized spacial score (nSPS) is 10.6. The minimum Gasteiger partial charge on any atom is -0.467 e. The van der Waals surface area contributed by atoms with E-state index in [-0.39, 0.29) is 17.3 Å². The minimum absolute atomic E-state index is 0.0259. The van der Waals surface area contributed by atoms with Crippen LogP contribution in [0.2, 0.25) is 0 Å². The van der Waals surface area contributed by atoms with Crippen LogP contribution in [0, 0.1) is 10.1 Å². The van der Waals surface area contributed by atoms with Crippen molar-refractivity contribution < 1.29 is 18.6 Å². The summed E-state index contributed by atoms with van der Waals surface area (Å²) < 4.78 is 10.7. The van der Waals surface area contributed by atoms with Crippen molar-refractivity contribution in [2.75, 3.05) is 5.75 Å². The highest BCUT2D eigenvalue weighted by Gasteiger charge is 2.17. The summed E-state index contributed by atoms with van der Waals surface area (Å²) in [5.41, 5.74) is 0.0259. The number of rotatable bonds is 8. The number of nitrogens with zero attached hydrogens (tertiary/aromatic N) is 2. The van der Waals surface area contributed by atoms with E-state index < -0.39 is 4.92 Å². The smallest absolute Gasteiger partial charge is 0.269 e. The molecular formula is C18H16N2O5S. The molecule has 0 saturated carbocycles. The van der Waals surface area contributed by atoms with Crippen molar-refractivity contribution in [3.8, 4) is 0 Å². The van der Waals surface area contributed by atoms with Crippen LogP contribution in [0.25, 0.3) is 0 Å². The van der Waals surface area contributed by atoms with Gasteiger partial charge in [0, 0.05) is 17.0 Å². The van der Waals surface area contributed by atoms with Crippen LogP contribution in [-0.2, 0) is 17.9 Å². The third-order valence-corrected chi connectivity index (χ3v) is 4.61. The van der Waals surface area contributed by atoms with Gasteiger partial charge >= 0.3 is 0 Å². The molecule has 7 nitrogen and oxygen atoms in total. The van der Waals surface area contributed by atoms with Gasteiger partial charge in [0.15, 0.2) is 0 Å². The SMILES string of the molecule is O=C(CSc1ccc([N+](=O)[O-])cc1)N(Cc1ccco1)Cc1ccco1. The van der Waals surface area contributed by atoms with Crippen LogP contribution in [0.1, 0.15) is 11.5 Å². The molecule has 1 amide bonds. The van der Waals surface area contributed by atoms with Crippen LogP contribution in [0.5, 0.6) is 0 Å². The van der Waals surface area contributed by atoms with E-state index in [2.05, 4.69) is 0 Å². The van der Waals surface area contributed by atoms with Crippen LogP contribution < -0.4 is 0 Å². The monoisotopic (exact) mass is 372 g/mol. The first kappa shape index (κ1) is 17.8. The van der Waals surface area contributed by atoms with E-state index in [9.17, 15) is 14.9 Å². The van der Waals surface area contributed by atoms with Gasteiger partial charge in [0.1, 0.15) is 11.5 Å². The summed E-state index contributed by atoms with van der Waals surface area (Å²) in [5.74, 6) is 1.50. The number of hydrogen-bond acceptors (Lipinski definition) is 6. The Kier molecular flexibility index (Phi) is 5.75. The molecule has 26 heavy (non-hydrogen) atoms. The number of furan rings is 2. The van der Waals surface area contributed by atoms with Crippen LogP contribution in [0.15, 0.2) is 74.8 Å². The van der Waals surface area contributed by atoms with Crippen molar-refractivity contribution in [3.63, 3.8) is 0 Å². The molecule has 0 saturated heterocycles. The third-order valence-electron chi connectivity index (χ3n) is 3.62. The van der Waals surface area contributed by atoms with E-state index in [1.165, 1.54) is 23.9 Å². The standard InChI is InChI=1S/C18H16N2O5S/c21-18(13-26-17-7-5-14(6-8-17)20(22)23)19(11-15-3-1-9-24-15)12-16-4-2-10-25-16/h1-10H,11-13H2. The molecule has 1 aromatic carbocycles. The number of carbonyl (C=O) groups is 1. The first-order valence-corrected chi connectivity index (χ1v) is 8.80. The summed E-state index contributed by atoms with van der Waals surface area (Å²) in [6, 6.07) is 13.3. The summed E-state index contributed by atoms with van der Waals surface area (Å²) in [4.78, 5) is 25.3. The Morgan fingerprint density at radius 2 is 1.58 bits per heavy atom. The van der Waals surface area contributed by atoms with Gasteiger partial charge in [-0.15, -0.1) is 11.8 Å². The zero-order chi connectivity index (χ0) is 18.4. The number of carbonyl (C=O) groups excluding carboxylic acids is 1. The Labute approximate surface area is 153 Å². The second kappa shape index (κ2) is 8.39. The average molecular weight is 372 g/mol. The lowest BCUT2D eigenvalue weighted by atomic mass is 10.3. The Bertz CT molecular complexity index is 808. The lowest BCUT2D eigenvalue weighted by Crippen LogP contribution is -2.31. The van der Waals surface area contributed by atoms with Gasteiger partial charge in [0.2, 0.25) is 5.91 Å². The lowest BCUT2D eigenvalue weighted by Gasteiger charge is -2.20. The molecule has 0 bridgehead atoms. The van der Waals surface area contributed by atoms with Crippen LogP contribution >= 0.6 is 11.8 Å². The molecule has 0 unspecified atom stereocenters. The summed E-state index contributed by atoms with van der Waals surface area (Å²) >= 11 is 1.33. The van der Waals surface area contributed by atoms with E-state index >= 15 is 0 Å². The van der Waals surface area contributed by atoms with Gasteiger partial charge in [-0.05, 0) is 36.4 Å². The van der Waals surface area contributed by atoms with Crippen molar-refractivity contribution in [3.05, 3.63) is 82.7 Å². The van der Waals surface area contributed by atoms with E-state index in [0.717, 1.165) is 4.90 Å². The van der Waals surface area contributed by atoms with Crippen molar-refractivity contribution in [1.29, 1.82) is 0 Å². The average Bonchev–Trinajstić information content (AvgIpc) is 3.33. The first-order chi connectivity index (χ1) is 12.6. The molecule has 2 heterocycles. The summed E-state index contributed by atoms with van der Waals surface area (Å²) in [6.45, 7) is 0.681. The second-order valence-corrected chi connectivity index (χ2v) is 6.50. The number of hydrogen-bond donors (Lipinski definition) is 0. The molecule has 8 heteroatoms. The third kappa shape index (κ3) is 4.76. The molecule has 3 aromatic rings. The van der Waals surface area contributed by atoms with Gasteiger partial charge in [-0.2, -0.15) is 0 Å². The number of benzene rings is 1. The molecule has 0 aliphatic carbocycles. The Morgan fingerprint density at radius 1 is 1.00 bits per heavy atom. The van der Waals surface area contributed by atoms with Gasteiger partial charge in [0.25, 0.3) is 5.69 Å². The molecule has 0 spiro atoms. The summed E-state index contributed by atoms with van der Waals surface area (Å²) in [5, 5.41) is 10.7. The fraction of sp³-hybridized carbons (Fsp3) is 0.167. The van der Waals surface area contributed by atoms with Crippen molar-refractivity contribution in [2.24, 2.45) is 0 Å².